The minimum atomic E-state index is -0.112. The Bertz CT molecular complexity index is 471. The maximum atomic E-state index is 12.2. The van der Waals surface area contributed by atoms with E-state index in [9.17, 15) is 4.79 Å². The van der Waals surface area contributed by atoms with Gasteiger partial charge in [-0.15, -0.1) is 0 Å². The molecule has 1 saturated carbocycles. The Labute approximate surface area is 130 Å². The molecule has 1 fully saturated rings. The van der Waals surface area contributed by atoms with Crippen molar-refractivity contribution in [1.82, 2.24) is 10.6 Å². The summed E-state index contributed by atoms with van der Waals surface area (Å²) in [6, 6.07) is 5.78. The number of amides is 1. The van der Waals surface area contributed by atoms with Gasteiger partial charge in [0.2, 0.25) is 0 Å². The van der Waals surface area contributed by atoms with E-state index in [4.69, 9.17) is 23.2 Å². The van der Waals surface area contributed by atoms with Crippen LogP contribution in [-0.2, 0) is 0 Å². The summed E-state index contributed by atoms with van der Waals surface area (Å²) < 4.78 is 0. The van der Waals surface area contributed by atoms with E-state index in [2.05, 4.69) is 17.6 Å². The molecule has 0 atom stereocenters. The Morgan fingerprint density at radius 2 is 1.85 bits per heavy atom. The van der Waals surface area contributed by atoms with Crippen molar-refractivity contribution in [1.29, 1.82) is 0 Å². The highest BCUT2D eigenvalue weighted by Crippen LogP contribution is 2.23. The van der Waals surface area contributed by atoms with Gasteiger partial charge in [0.05, 0.1) is 10.6 Å². The van der Waals surface area contributed by atoms with E-state index in [0.29, 0.717) is 21.7 Å². The highest BCUT2D eigenvalue weighted by Gasteiger charge is 2.22. The van der Waals surface area contributed by atoms with Crippen LogP contribution in [0.1, 0.15) is 43.0 Å². The van der Waals surface area contributed by atoms with Crippen LogP contribution in [0.2, 0.25) is 10.0 Å². The SMILES string of the molecule is CCNC1CCC(NC(=O)c2ccc(Cl)cc2Cl)CC1. The van der Waals surface area contributed by atoms with Gasteiger partial charge in [0.25, 0.3) is 5.91 Å². The van der Waals surface area contributed by atoms with E-state index in [1.54, 1.807) is 18.2 Å². The lowest BCUT2D eigenvalue weighted by Crippen LogP contribution is -2.42. The van der Waals surface area contributed by atoms with Gasteiger partial charge in [-0.3, -0.25) is 4.79 Å². The molecule has 1 aliphatic carbocycles. The molecule has 0 saturated heterocycles. The summed E-state index contributed by atoms with van der Waals surface area (Å²) in [5, 5.41) is 7.46. The summed E-state index contributed by atoms with van der Waals surface area (Å²) in [4.78, 5) is 12.2. The fourth-order valence-electron chi connectivity index (χ4n) is 2.67. The number of hydrogen-bond acceptors (Lipinski definition) is 2. The van der Waals surface area contributed by atoms with Gasteiger partial charge in [-0.05, 0) is 50.4 Å². The number of benzene rings is 1. The van der Waals surface area contributed by atoms with Crippen molar-refractivity contribution in [2.45, 2.75) is 44.7 Å². The third-order valence-electron chi connectivity index (χ3n) is 3.73. The Kier molecular flexibility index (Phi) is 5.70. The van der Waals surface area contributed by atoms with Gasteiger partial charge in [-0.25, -0.2) is 0 Å². The molecule has 3 nitrogen and oxygen atoms in total. The van der Waals surface area contributed by atoms with Crippen molar-refractivity contribution in [3.05, 3.63) is 33.8 Å². The van der Waals surface area contributed by atoms with Crippen molar-refractivity contribution >= 4 is 29.1 Å². The normalized spacial score (nSPS) is 22.6. The molecular formula is C15H20Cl2N2O. The Balaban J connectivity index is 1.89. The standard InChI is InChI=1S/C15H20Cl2N2O/c1-2-18-11-4-6-12(7-5-11)19-15(20)13-8-3-10(16)9-14(13)17/h3,8-9,11-12,18H,2,4-7H2,1H3,(H,19,20). The minimum Gasteiger partial charge on any atom is -0.349 e. The van der Waals surface area contributed by atoms with Gasteiger partial charge in [-0.1, -0.05) is 30.1 Å². The first-order valence-corrected chi connectivity index (χ1v) is 7.85. The molecular weight excluding hydrogens is 295 g/mol. The van der Waals surface area contributed by atoms with E-state index in [0.717, 1.165) is 32.2 Å². The molecule has 20 heavy (non-hydrogen) atoms. The van der Waals surface area contributed by atoms with Gasteiger partial charge in [-0.2, -0.15) is 0 Å². The minimum absolute atomic E-state index is 0.112. The first kappa shape index (κ1) is 15.6. The zero-order valence-corrected chi connectivity index (χ0v) is 13.1. The van der Waals surface area contributed by atoms with E-state index in [1.807, 2.05) is 0 Å². The van der Waals surface area contributed by atoms with E-state index < -0.39 is 0 Å². The monoisotopic (exact) mass is 314 g/mol. The largest absolute Gasteiger partial charge is 0.349 e. The van der Waals surface area contributed by atoms with Crippen molar-refractivity contribution in [2.75, 3.05) is 6.54 Å². The highest BCUT2D eigenvalue weighted by atomic mass is 35.5. The Morgan fingerprint density at radius 1 is 1.20 bits per heavy atom. The van der Waals surface area contributed by atoms with Gasteiger partial charge in [0.15, 0.2) is 0 Å². The fourth-order valence-corrected chi connectivity index (χ4v) is 3.16. The summed E-state index contributed by atoms with van der Waals surface area (Å²) in [6.07, 6.45) is 4.23. The number of hydrogen-bond donors (Lipinski definition) is 2. The van der Waals surface area contributed by atoms with Crippen molar-refractivity contribution in [3.8, 4) is 0 Å². The number of nitrogens with one attached hydrogen (secondary N) is 2. The topological polar surface area (TPSA) is 41.1 Å². The van der Waals surface area contributed by atoms with Crippen LogP contribution >= 0.6 is 23.2 Å². The Morgan fingerprint density at radius 3 is 2.45 bits per heavy atom. The molecule has 0 heterocycles. The average molecular weight is 315 g/mol. The number of halogens is 2. The van der Waals surface area contributed by atoms with Crippen LogP contribution in [0.5, 0.6) is 0 Å². The lowest BCUT2D eigenvalue weighted by Gasteiger charge is -2.29. The summed E-state index contributed by atoms with van der Waals surface area (Å²) in [7, 11) is 0. The van der Waals surface area contributed by atoms with Crippen LogP contribution in [0.3, 0.4) is 0 Å². The predicted octanol–water partition coefficient (Wildman–Crippen LogP) is 3.64. The number of carbonyl (C=O) groups excluding carboxylic acids is 1. The molecule has 1 aromatic carbocycles. The Hall–Kier alpha value is -0.770. The van der Waals surface area contributed by atoms with Gasteiger partial charge < -0.3 is 10.6 Å². The van der Waals surface area contributed by atoms with Gasteiger partial charge in [0, 0.05) is 17.1 Å². The maximum Gasteiger partial charge on any atom is 0.253 e. The molecule has 0 aliphatic heterocycles. The zero-order chi connectivity index (χ0) is 14.5. The number of rotatable bonds is 4. The fraction of sp³-hybridized carbons (Fsp3) is 0.533. The lowest BCUT2D eigenvalue weighted by atomic mass is 9.91. The smallest absolute Gasteiger partial charge is 0.253 e. The molecule has 2 N–H and O–H groups in total. The molecule has 0 aromatic heterocycles. The summed E-state index contributed by atoms with van der Waals surface area (Å²) >= 11 is 11.9. The molecule has 1 aliphatic rings. The lowest BCUT2D eigenvalue weighted by molar-refractivity contribution is 0.0924. The van der Waals surface area contributed by atoms with Crippen molar-refractivity contribution in [3.63, 3.8) is 0 Å². The van der Waals surface area contributed by atoms with Gasteiger partial charge in [0.1, 0.15) is 0 Å². The summed E-state index contributed by atoms with van der Waals surface area (Å²) in [5.41, 5.74) is 0.491. The molecule has 1 amide bonds. The van der Waals surface area contributed by atoms with E-state index >= 15 is 0 Å². The second-order valence-electron chi connectivity index (χ2n) is 5.20. The molecule has 2 rings (SSSR count). The van der Waals surface area contributed by atoms with Crippen LogP contribution in [0.15, 0.2) is 18.2 Å². The van der Waals surface area contributed by atoms with Crippen LogP contribution in [0.25, 0.3) is 0 Å². The van der Waals surface area contributed by atoms with Gasteiger partial charge >= 0.3 is 0 Å². The maximum absolute atomic E-state index is 12.2. The van der Waals surface area contributed by atoms with Crippen molar-refractivity contribution < 1.29 is 4.79 Å². The third kappa shape index (κ3) is 4.11. The van der Waals surface area contributed by atoms with Crippen molar-refractivity contribution in [2.24, 2.45) is 0 Å². The van der Waals surface area contributed by atoms with Crippen LogP contribution < -0.4 is 10.6 Å². The molecule has 0 bridgehead atoms. The highest BCUT2D eigenvalue weighted by molar-refractivity contribution is 6.36. The average Bonchev–Trinajstić information content (AvgIpc) is 2.41. The van der Waals surface area contributed by atoms with E-state index in [-0.39, 0.29) is 11.9 Å². The summed E-state index contributed by atoms with van der Waals surface area (Å²) in [6.45, 7) is 3.12. The third-order valence-corrected chi connectivity index (χ3v) is 4.28. The molecule has 5 heteroatoms. The quantitative estimate of drug-likeness (QED) is 0.890. The van der Waals surface area contributed by atoms with E-state index in [1.165, 1.54) is 0 Å². The molecule has 0 spiro atoms. The molecule has 1 aromatic rings. The summed E-state index contributed by atoms with van der Waals surface area (Å²) in [5.74, 6) is -0.112. The molecule has 0 radical (unpaired) electrons. The number of carbonyl (C=O) groups is 1. The van der Waals surface area contributed by atoms with Crippen LogP contribution in [-0.4, -0.2) is 24.5 Å². The predicted molar refractivity (Wildman–Crippen MR) is 83.6 cm³/mol. The zero-order valence-electron chi connectivity index (χ0n) is 11.6. The molecule has 110 valence electrons. The second kappa shape index (κ2) is 7.30. The first-order valence-electron chi connectivity index (χ1n) is 7.09. The van der Waals surface area contributed by atoms with Crippen LogP contribution in [0, 0.1) is 0 Å². The molecule has 0 unspecified atom stereocenters. The second-order valence-corrected chi connectivity index (χ2v) is 6.05. The van der Waals surface area contributed by atoms with Crippen LogP contribution in [0.4, 0.5) is 0 Å². The first-order chi connectivity index (χ1) is 9.60.